The predicted molar refractivity (Wildman–Crippen MR) is 76.7 cm³/mol. The van der Waals surface area contributed by atoms with Gasteiger partial charge in [-0.05, 0) is 24.4 Å². The lowest BCUT2D eigenvalue weighted by atomic mass is 10.1. The summed E-state index contributed by atoms with van der Waals surface area (Å²) >= 11 is 1.06. The number of thiophene rings is 1. The Bertz CT molecular complexity index is 620. The third-order valence-electron chi connectivity index (χ3n) is 3.04. The summed E-state index contributed by atoms with van der Waals surface area (Å²) in [5, 5.41) is 12.5. The molecule has 112 valence electrons. The molecule has 3 N–H and O–H groups in total. The number of aromatic carboxylic acids is 1. The number of fused-ring (bicyclic) bond motifs is 1. The number of nitrogens with one attached hydrogen (secondary N) is 2. The average Bonchev–Trinajstić information content (AvgIpc) is 2.76. The van der Waals surface area contributed by atoms with E-state index >= 15 is 0 Å². The number of carbonyl (C=O) groups is 1. The summed E-state index contributed by atoms with van der Waals surface area (Å²) in [6.07, 6.45) is 0.549. The zero-order valence-electron chi connectivity index (χ0n) is 11.4. The monoisotopic (exact) mass is 318 g/mol. The second kappa shape index (κ2) is 5.80. The van der Waals surface area contributed by atoms with Crippen molar-refractivity contribution >= 4 is 27.3 Å². The first-order valence-electron chi connectivity index (χ1n) is 6.41. The predicted octanol–water partition coefficient (Wildman–Crippen LogP) is 1.03. The van der Waals surface area contributed by atoms with E-state index in [1.807, 2.05) is 13.8 Å². The average molecular weight is 318 g/mol. The van der Waals surface area contributed by atoms with Gasteiger partial charge in [0.05, 0.1) is 5.56 Å². The van der Waals surface area contributed by atoms with Crippen LogP contribution in [0.1, 0.15) is 34.6 Å². The van der Waals surface area contributed by atoms with Gasteiger partial charge in [-0.3, -0.25) is 0 Å². The molecule has 0 saturated heterocycles. The summed E-state index contributed by atoms with van der Waals surface area (Å²) in [5.74, 6) is -1.01. The summed E-state index contributed by atoms with van der Waals surface area (Å²) in [6.45, 7) is 5.28. The molecule has 0 radical (unpaired) electrons. The van der Waals surface area contributed by atoms with E-state index < -0.39 is 16.0 Å². The van der Waals surface area contributed by atoms with Crippen LogP contribution in [0.5, 0.6) is 0 Å². The van der Waals surface area contributed by atoms with Crippen molar-refractivity contribution in [3.8, 4) is 0 Å². The highest BCUT2D eigenvalue weighted by atomic mass is 32.2. The fourth-order valence-corrected chi connectivity index (χ4v) is 5.18. The van der Waals surface area contributed by atoms with Crippen LogP contribution in [0.15, 0.2) is 4.21 Å². The highest BCUT2D eigenvalue weighted by Gasteiger charge is 2.31. The number of carboxylic acid groups (broad SMARTS) is 1. The molecule has 1 aromatic rings. The van der Waals surface area contributed by atoms with Crippen LogP contribution >= 0.6 is 11.3 Å². The van der Waals surface area contributed by atoms with Crippen molar-refractivity contribution in [3.05, 3.63) is 16.0 Å². The minimum Gasteiger partial charge on any atom is -0.478 e. The molecule has 1 aromatic heterocycles. The molecule has 0 fully saturated rings. The van der Waals surface area contributed by atoms with Crippen molar-refractivity contribution in [2.45, 2.75) is 31.0 Å². The molecule has 0 unspecified atom stereocenters. The van der Waals surface area contributed by atoms with Gasteiger partial charge in [-0.2, -0.15) is 0 Å². The summed E-state index contributed by atoms with van der Waals surface area (Å²) < 4.78 is 27.0. The van der Waals surface area contributed by atoms with Gasteiger partial charge >= 0.3 is 5.97 Å². The molecule has 2 rings (SSSR count). The van der Waals surface area contributed by atoms with E-state index in [9.17, 15) is 18.3 Å². The third kappa shape index (κ3) is 3.03. The normalized spacial score (nSPS) is 15.3. The summed E-state index contributed by atoms with van der Waals surface area (Å²) in [5.41, 5.74) is 0.605. The Hall–Kier alpha value is -0.960. The van der Waals surface area contributed by atoms with E-state index in [4.69, 9.17) is 0 Å². The van der Waals surface area contributed by atoms with E-state index in [0.717, 1.165) is 16.2 Å². The Balaban J connectivity index is 2.45. The van der Waals surface area contributed by atoms with Crippen LogP contribution in [-0.2, 0) is 23.0 Å². The molecule has 0 aromatic carbocycles. The van der Waals surface area contributed by atoms with Gasteiger partial charge in [-0.15, -0.1) is 11.3 Å². The van der Waals surface area contributed by atoms with Gasteiger partial charge in [0.15, 0.2) is 0 Å². The molecule has 1 aliphatic rings. The van der Waals surface area contributed by atoms with Crippen LogP contribution in [-0.4, -0.2) is 32.6 Å². The maximum atomic E-state index is 12.3. The number of carboxylic acids is 1. The number of sulfonamides is 1. The molecular formula is C12H18N2O4S2. The van der Waals surface area contributed by atoms with Gasteiger partial charge in [0, 0.05) is 18.0 Å². The smallest absolute Gasteiger partial charge is 0.338 e. The Labute approximate surface area is 122 Å². The zero-order valence-corrected chi connectivity index (χ0v) is 13.0. The van der Waals surface area contributed by atoms with Crippen LogP contribution in [0, 0.1) is 5.92 Å². The van der Waals surface area contributed by atoms with E-state index in [2.05, 4.69) is 10.0 Å². The topological polar surface area (TPSA) is 95.5 Å². The van der Waals surface area contributed by atoms with Crippen LogP contribution in [0.4, 0.5) is 0 Å². The van der Waals surface area contributed by atoms with Gasteiger partial charge in [-0.1, -0.05) is 13.8 Å². The Kier molecular flexibility index (Phi) is 4.48. The largest absolute Gasteiger partial charge is 0.478 e. The van der Waals surface area contributed by atoms with Crippen LogP contribution in [0.2, 0.25) is 0 Å². The quantitative estimate of drug-likeness (QED) is 0.753. The van der Waals surface area contributed by atoms with Crippen LogP contribution in [0.3, 0.4) is 0 Å². The molecule has 0 aliphatic carbocycles. The van der Waals surface area contributed by atoms with Gasteiger partial charge < -0.3 is 10.4 Å². The zero-order chi connectivity index (χ0) is 14.9. The minimum absolute atomic E-state index is 0.0530. The van der Waals surface area contributed by atoms with Crippen LogP contribution < -0.4 is 10.0 Å². The first kappa shape index (κ1) is 15.4. The molecule has 0 saturated carbocycles. The summed E-state index contributed by atoms with van der Waals surface area (Å²) in [6, 6.07) is 0. The Morgan fingerprint density at radius 1 is 1.50 bits per heavy atom. The first-order chi connectivity index (χ1) is 9.33. The molecule has 6 nitrogen and oxygen atoms in total. The van der Waals surface area contributed by atoms with Crippen molar-refractivity contribution in [1.82, 2.24) is 10.0 Å². The summed E-state index contributed by atoms with van der Waals surface area (Å²) in [7, 11) is -3.77. The molecule has 8 heteroatoms. The van der Waals surface area contributed by atoms with Crippen molar-refractivity contribution in [2.75, 3.05) is 13.1 Å². The van der Waals surface area contributed by atoms with Crippen LogP contribution in [0.25, 0.3) is 0 Å². The van der Waals surface area contributed by atoms with Crippen molar-refractivity contribution in [2.24, 2.45) is 5.92 Å². The lowest BCUT2D eigenvalue weighted by Gasteiger charge is -2.12. The van der Waals surface area contributed by atoms with Gasteiger partial charge in [0.25, 0.3) is 10.0 Å². The summed E-state index contributed by atoms with van der Waals surface area (Å²) in [4.78, 5) is 12.2. The van der Waals surface area contributed by atoms with E-state index in [0.29, 0.717) is 31.6 Å². The van der Waals surface area contributed by atoms with E-state index in [-0.39, 0.29) is 15.7 Å². The SMILES string of the molecule is CC(C)CNS(=O)(=O)c1sc2c(c1C(=O)O)CCNC2. The molecule has 0 bridgehead atoms. The fraction of sp³-hybridized carbons (Fsp3) is 0.583. The molecular weight excluding hydrogens is 300 g/mol. The number of rotatable bonds is 5. The first-order valence-corrected chi connectivity index (χ1v) is 8.71. The van der Waals surface area contributed by atoms with Crippen molar-refractivity contribution in [1.29, 1.82) is 0 Å². The standard InChI is InChI=1S/C12H18N2O4S2/c1-7(2)5-14-20(17,18)12-10(11(15)16)8-3-4-13-6-9(8)19-12/h7,13-14H,3-6H2,1-2H3,(H,15,16). The van der Waals surface area contributed by atoms with E-state index in [1.54, 1.807) is 0 Å². The molecule has 20 heavy (non-hydrogen) atoms. The molecule has 0 amide bonds. The minimum atomic E-state index is -3.77. The maximum Gasteiger partial charge on any atom is 0.338 e. The van der Waals surface area contributed by atoms with Gasteiger partial charge in [-0.25, -0.2) is 17.9 Å². The molecule has 0 atom stereocenters. The molecule has 0 spiro atoms. The highest BCUT2D eigenvalue weighted by Crippen LogP contribution is 2.34. The lowest BCUT2D eigenvalue weighted by molar-refractivity contribution is 0.0692. The molecule has 1 aliphatic heterocycles. The number of hydrogen-bond donors (Lipinski definition) is 3. The molecule has 2 heterocycles. The second-order valence-corrected chi connectivity index (χ2v) is 8.21. The number of hydrogen-bond acceptors (Lipinski definition) is 5. The van der Waals surface area contributed by atoms with Gasteiger partial charge in [0.1, 0.15) is 4.21 Å². The van der Waals surface area contributed by atoms with Crippen molar-refractivity contribution in [3.63, 3.8) is 0 Å². The second-order valence-electron chi connectivity index (χ2n) is 5.14. The lowest BCUT2D eigenvalue weighted by Crippen LogP contribution is -2.28. The Morgan fingerprint density at radius 2 is 2.20 bits per heavy atom. The third-order valence-corrected chi connectivity index (χ3v) is 6.21. The highest BCUT2D eigenvalue weighted by molar-refractivity contribution is 7.91. The van der Waals surface area contributed by atoms with Crippen molar-refractivity contribution < 1.29 is 18.3 Å². The van der Waals surface area contributed by atoms with Gasteiger partial charge in [0.2, 0.25) is 0 Å². The van der Waals surface area contributed by atoms with E-state index in [1.165, 1.54) is 0 Å². The Morgan fingerprint density at radius 3 is 2.80 bits per heavy atom. The maximum absolute atomic E-state index is 12.3. The fourth-order valence-electron chi connectivity index (χ4n) is 2.06.